The van der Waals surface area contributed by atoms with Crippen molar-refractivity contribution in [1.82, 2.24) is 0 Å². The van der Waals surface area contributed by atoms with Gasteiger partial charge in [0.05, 0.1) is 29.1 Å². The van der Waals surface area contributed by atoms with Gasteiger partial charge in [0.25, 0.3) is 0 Å². The smallest absolute Gasteiger partial charge is 0.238 e. The van der Waals surface area contributed by atoms with E-state index in [9.17, 15) is 24.3 Å². The number of hydrogen-bond acceptors (Lipinski definition) is 6. The fraction of sp³-hybridized carbons (Fsp3) is 0.290. The average Bonchev–Trinajstić information content (AvgIpc) is 3.20. The molecule has 1 N–H and O–H groups in total. The predicted octanol–water partition coefficient (Wildman–Crippen LogP) is 4.93. The van der Waals surface area contributed by atoms with Crippen LogP contribution in [0.2, 0.25) is 0 Å². The van der Waals surface area contributed by atoms with Gasteiger partial charge in [-0.05, 0) is 64.9 Å². The van der Waals surface area contributed by atoms with Gasteiger partial charge in [-0.1, -0.05) is 36.8 Å². The van der Waals surface area contributed by atoms with Crippen molar-refractivity contribution in [3.05, 3.63) is 86.9 Å². The van der Waals surface area contributed by atoms with E-state index in [1.807, 2.05) is 25.1 Å². The lowest BCUT2D eigenvalue weighted by Gasteiger charge is -2.42. The van der Waals surface area contributed by atoms with Crippen LogP contribution < -0.4 is 9.64 Å². The van der Waals surface area contributed by atoms with Crippen molar-refractivity contribution in [3.63, 3.8) is 0 Å². The van der Waals surface area contributed by atoms with E-state index < -0.39 is 23.7 Å². The van der Waals surface area contributed by atoms with Crippen molar-refractivity contribution in [3.8, 4) is 11.5 Å². The summed E-state index contributed by atoms with van der Waals surface area (Å²) in [5, 5.41) is 10.1. The number of amides is 2. The van der Waals surface area contributed by atoms with Crippen molar-refractivity contribution >= 4 is 45.0 Å². The summed E-state index contributed by atoms with van der Waals surface area (Å²) < 4.78 is 5.76. The van der Waals surface area contributed by atoms with E-state index in [4.69, 9.17) is 4.74 Å². The molecule has 0 saturated carbocycles. The summed E-state index contributed by atoms with van der Waals surface area (Å²) >= 11 is 3.24. The third kappa shape index (κ3) is 3.84. The Morgan fingerprint density at radius 3 is 2.46 bits per heavy atom. The number of fused-ring (bicyclic) bond motifs is 3. The average molecular weight is 588 g/mol. The molecule has 1 heterocycles. The quantitative estimate of drug-likeness (QED) is 0.309. The van der Waals surface area contributed by atoms with Gasteiger partial charge in [-0.2, -0.15) is 0 Å². The van der Waals surface area contributed by atoms with Gasteiger partial charge in [-0.3, -0.25) is 24.1 Å². The Bertz CT molecular complexity index is 1550. The maximum absolute atomic E-state index is 14.0. The molecule has 7 nitrogen and oxygen atoms in total. The Morgan fingerprint density at radius 1 is 1.03 bits per heavy atom. The third-order valence-electron chi connectivity index (χ3n) is 8.46. The number of rotatable bonds is 4. The van der Waals surface area contributed by atoms with Crippen LogP contribution in [0.5, 0.6) is 11.5 Å². The lowest BCUT2D eigenvalue weighted by atomic mass is 9.59. The first-order valence-electron chi connectivity index (χ1n) is 13.0. The lowest BCUT2D eigenvalue weighted by molar-refractivity contribution is -0.123. The van der Waals surface area contributed by atoms with Gasteiger partial charge in [0.2, 0.25) is 11.8 Å². The first-order valence-corrected chi connectivity index (χ1v) is 13.8. The molecular weight excluding hydrogens is 562 g/mol. The number of halogens is 1. The second kappa shape index (κ2) is 9.45. The highest BCUT2D eigenvalue weighted by molar-refractivity contribution is 9.12. The number of phenolic OH excluding ortho intramolecular Hbond substituents is 1. The number of aromatic hydroxyl groups is 1. The number of benzene rings is 2. The highest BCUT2D eigenvalue weighted by atomic mass is 79.9. The standard InChI is InChI=1S/C31H26BrNO6/c1-3-15-4-6-16(7-5-15)33-30(37)20-11-10-18-21(27(20)31(33)38)13-22-28(24(35)14-23(32)29(22)36)26(18)19-9-8-17(34)12-25(19)39-2/h4-10,12,14,20-21,26-27,34H,3,11,13H2,1-2H3. The maximum atomic E-state index is 14.0. The zero-order chi connectivity index (χ0) is 27.6. The summed E-state index contributed by atoms with van der Waals surface area (Å²) in [4.78, 5) is 55.6. The van der Waals surface area contributed by atoms with Gasteiger partial charge in [-0.15, -0.1) is 0 Å². The Labute approximate surface area is 234 Å². The zero-order valence-corrected chi connectivity index (χ0v) is 23.0. The Hall–Kier alpha value is -3.78. The second-order valence-electron chi connectivity index (χ2n) is 10.4. The topological polar surface area (TPSA) is 101 Å². The molecule has 0 aromatic heterocycles. The summed E-state index contributed by atoms with van der Waals surface area (Å²) in [6.45, 7) is 2.04. The first kappa shape index (κ1) is 25.5. The van der Waals surface area contributed by atoms with Crippen LogP contribution >= 0.6 is 15.9 Å². The Kier molecular flexibility index (Phi) is 6.18. The predicted molar refractivity (Wildman–Crippen MR) is 148 cm³/mol. The molecule has 198 valence electrons. The largest absolute Gasteiger partial charge is 0.508 e. The van der Waals surface area contributed by atoms with Crippen LogP contribution in [0.1, 0.15) is 36.8 Å². The number of aryl methyl sites for hydroxylation is 1. The van der Waals surface area contributed by atoms with E-state index in [2.05, 4.69) is 15.9 Å². The molecule has 1 aliphatic heterocycles. The molecule has 2 aromatic carbocycles. The number of hydrogen-bond donors (Lipinski definition) is 1. The van der Waals surface area contributed by atoms with Gasteiger partial charge in [0, 0.05) is 34.8 Å². The minimum Gasteiger partial charge on any atom is -0.508 e. The minimum atomic E-state index is -0.657. The number of ketones is 2. The summed E-state index contributed by atoms with van der Waals surface area (Å²) in [6, 6.07) is 12.1. The molecule has 6 rings (SSSR count). The summed E-state index contributed by atoms with van der Waals surface area (Å²) in [7, 11) is 1.48. The van der Waals surface area contributed by atoms with Crippen molar-refractivity contribution in [1.29, 1.82) is 0 Å². The first-order chi connectivity index (χ1) is 18.7. The number of anilines is 1. The summed E-state index contributed by atoms with van der Waals surface area (Å²) in [5.74, 6) is -3.03. The number of ether oxygens (including phenoxy) is 1. The molecule has 4 unspecified atom stereocenters. The van der Waals surface area contributed by atoms with Gasteiger partial charge >= 0.3 is 0 Å². The number of carbonyl (C=O) groups is 4. The molecule has 39 heavy (non-hydrogen) atoms. The molecule has 2 amide bonds. The van der Waals surface area contributed by atoms with Crippen LogP contribution in [0, 0.1) is 17.8 Å². The molecule has 2 aromatic rings. The van der Waals surface area contributed by atoms with Crippen LogP contribution in [-0.2, 0) is 25.6 Å². The highest BCUT2D eigenvalue weighted by Gasteiger charge is 2.56. The lowest BCUT2D eigenvalue weighted by Crippen LogP contribution is -2.39. The van der Waals surface area contributed by atoms with Gasteiger partial charge in [-0.25, -0.2) is 0 Å². The molecule has 4 atom stereocenters. The number of Topliss-reactive ketones (excluding diaryl/α,β-unsaturated/α-hetero) is 1. The van der Waals surface area contributed by atoms with E-state index in [-0.39, 0.29) is 40.0 Å². The van der Waals surface area contributed by atoms with Crippen LogP contribution in [0.3, 0.4) is 0 Å². The summed E-state index contributed by atoms with van der Waals surface area (Å²) in [5.41, 5.74) is 3.81. The number of phenols is 1. The third-order valence-corrected chi connectivity index (χ3v) is 9.05. The van der Waals surface area contributed by atoms with Crippen molar-refractivity contribution in [2.75, 3.05) is 12.0 Å². The van der Waals surface area contributed by atoms with Crippen molar-refractivity contribution in [2.24, 2.45) is 17.8 Å². The minimum absolute atomic E-state index is 0.00448. The zero-order valence-electron chi connectivity index (χ0n) is 21.4. The van der Waals surface area contributed by atoms with E-state index in [0.29, 0.717) is 34.6 Å². The van der Waals surface area contributed by atoms with E-state index in [0.717, 1.165) is 17.6 Å². The van der Waals surface area contributed by atoms with E-state index in [1.54, 1.807) is 18.2 Å². The normalized spacial score (nSPS) is 26.2. The van der Waals surface area contributed by atoms with E-state index in [1.165, 1.54) is 30.2 Å². The fourth-order valence-corrected chi connectivity index (χ4v) is 7.08. The van der Waals surface area contributed by atoms with Gasteiger partial charge in [0.1, 0.15) is 11.5 Å². The Balaban J connectivity index is 1.48. The maximum Gasteiger partial charge on any atom is 0.238 e. The summed E-state index contributed by atoms with van der Waals surface area (Å²) in [6.07, 6.45) is 4.64. The molecule has 0 spiro atoms. The molecule has 0 bridgehead atoms. The van der Waals surface area contributed by atoms with Crippen molar-refractivity contribution in [2.45, 2.75) is 32.1 Å². The van der Waals surface area contributed by atoms with Crippen LogP contribution in [0.15, 0.2) is 75.8 Å². The molecule has 4 aliphatic rings. The molecule has 8 heteroatoms. The molecule has 3 aliphatic carbocycles. The molecule has 0 radical (unpaired) electrons. The fourth-order valence-electron chi connectivity index (χ4n) is 6.64. The number of nitrogens with zero attached hydrogens (tertiary/aromatic N) is 1. The van der Waals surface area contributed by atoms with Gasteiger partial charge in [0.15, 0.2) is 11.6 Å². The molecule has 1 saturated heterocycles. The van der Waals surface area contributed by atoms with E-state index >= 15 is 0 Å². The SMILES string of the molecule is CCc1ccc(N2C(=O)C3CC=C4C(c5ccc(O)cc5OC)C5=C(CC4C3C2=O)C(=O)C(Br)=CC5=O)cc1. The molecular formula is C31H26BrNO6. The van der Waals surface area contributed by atoms with Gasteiger partial charge < -0.3 is 9.84 Å². The van der Waals surface area contributed by atoms with Crippen LogP contribution in [0.25, 0.3) is 0 Å². The second-order valence-corrected chi connectivity index (χ2v) is 11.2. The number of carbonyl (C=O) groups excluding carboxylic acids is 4. The molecule has 1 fully saturated rings. The monoisotopic (exact) mass is 587 g/mol. The number of allylic oxidation sites excluding steroid dienone is 6. The number of imide groups is 1. The Morgan fingerprint density at radius 2 is 1.77 bits per heavy atom. The number of methoxy groups -OCH3 is 1. The highest BCUT2D eigenvalue weighted by Crippen LogP contribution is 2.56. The van der Waals surface area contributed by atoms with Crippen LogP contribution in [0.4, 0.5) is 5.69 Å². The van der Waals surface area contributed by atoms with Crippen LogP contribution in [-0.4, -0.2) is 35.6 Å². The van der Waals surface area contributed by atoms with Crippen molar-refractivity contribution < 1.29 is 29.0 Å².